The molecule has 3 nitrogen and oxygen atoms in total. The third-order valence-electron chi connectivity index (χ3n) is 2.80. The second kappa shape index (κ2) is 4.89. The molecule has 0 saturated heterocycles. The summed E-state index contributed by atoms with van der Waals surface area (Å²) in [6.07, 6.45) is 1.46. The Labute approximate surface area is 86.5 Å². The number of aliphatic hydroxyl groups is 1. The maximum Gasteiger partial charge on any atom is 0.164 e. The van der Waals surface area contributed by atoms with Crippen molar-refractivity contribution < 1.29 is 14.6 Å². The van der Waals surface area contributed by atoms with Crippen molar-refractivity contribution in [3.63, 3.8) is 0 Å². The molecule has 84 valence electrons. The summed E-state index contributed by atoms with van der Waals surface area (Å²) in [5.74, 6) is -0.106. The third kappa shape index (κ3) is 4.20. The first-order chi connectivity index (χ1) is 6.25. The van der Waals surface area contributed by atoms with Gasteiger partial charge in [-0.1, -0.05) is 6.92 Å². The van der Waals surface area contributed by atoms with Crippen LogP contribution in [0.4, 0.5) is 0 Å². The van der Waals surface area contributed by atoms with Gasteiger partial charge in [0.2, 0.25) is 0 Å². The van der Waals surface area contributed by atoms with Gasteiger partial charge in [0, 0.05) is 13.5 Å². The molecule has 0 aromatic rings. The van der Waals surface area contributed by atoms with Crippen LogP contribution in [0, 0.1) is 0 Å². The minimum absolute atomic E-state index is 0.106. The van der Waals surface area contributed by atoms with Crippen LogP contribution in [0.25, 0.3) is 0 Å². The number of ketones is 1. The van der Waals surface area contributed by atoms with Gasteiger partial charge in [0.15, 0.2) is 5.78 Å². The molecule has 0 amide bonds. The molecule has 1 N–H and O–H groups in total. The SMILES string of the molecule is CCC(C)(O)C(=O)CCC(C)(C)OC. The fraction of sp³-hybridized carbons (Fsp3) is 0.909. The highest BCUT2D eigenvalue weighted by molar-refractivity contribution is 5.86. The fourth-order valence-corrected chi connectivity index (χ4v) is 0.983. The van der Waals surface area contributed by atoms with Crippen LogP contribution in [0.1, 0.15) is 47.0 Å². The van der Waals surface area contributed by atoms with E-state index in [2.05, 4.69) is 0 Å². The molecule has 0 radical (unpaired) electrons. The lowest BCUT2D eigenvalue weighted by Gasteiger charge is -2.25. The molecular formula is C11H22O3. The molecule has 0 aromatic carbocycles. The maximum absolute atomic E-state index is 11.6. The molecule has 0 aliphatic heterocycles. The van der Waals surface area contributed by atoms with Crippen molar-refractivity contribution in [3.8, 4) is 0 Å². The van der Waals surface area contributed by atoms with Gasteiger partial charge in [-0.25, -0.2) is 0 Å². The molecule has 0 aromatic heterocycles. The molecule has 0 fully saturated rings. The summed E-state index contributed by atoms with van der Waals surface area (Å²) >= 11 is 0. The molecule has 14 heavy (non-hydrogen) atoms. The van der Waals surface area contributed by atoms with Crippen LogP contribution in [0.3, 0.4) is 0 Å². The number of carbonyl (C=O) groups excluding carboxylic acids is 1. The van der Waals surface area contributed by atoms with Crippen molar-refractivity contribution >= 4 is 5.78 Å². The lowest BCUT2D eigenvalue weighted by atomic mass is 9.91. The molecule has 0 rings (SSSR count). The Bertz CT molecular complexity index is 195. The summed E-state index contributed by atoms with van der Waals surface area (Å²) in [4.78, 5) is 11.6. The standard InChI is InChI=1S/C11H22O3/c1-6-11(4,13)9(12)7-8-10(2,3)14-5/h13H,6-8H2,1-5H3. The van der Waals surface area contributed by atoms with Gasteiger partial charge < -0.3 is 9.84 Å². The molecule has 0 heterocycles. The van der Waals surface area contributed by atoms with Crippen LogP contribution in [-0.2, 0) is 9.53 Å². The van der Waals surface area contributed by atoms with E-state index in [-0.39, 0.29) is 11.4 Å². The van der Waals surface area contributed by atoms with Crippen LogP contribution in [0.15, 0.2) is 0 Å². The largest absolute Gasteiger partial charge is 0.382 e. The number of hydrogen-bond donors (Lipinski definition) is 1. The van der Waals surface area contributed by atoms with Crippen LogP contribution in [0.2, 0.25) is 0 Å². The van der Waals surface area contributed by atoms with E-state index in [0.717, 1.165) is 0 Å². The summed E-state index contributed by atoms with van der Waals surface area (Å²) < 4.78 is 5.20. The number of carbonyl (C=O) groups is 1. The summed E-state index contributed by atoms with van der Waals surface area (Å²) in [6, 6.07) is 0. The van der Waals surface area contributed by atoms with E-state index in [1.807, 2.05) is 13.8 Å². The van der Waals surface area contributed by atoms with E-state index in [0.29, 0.717) is 19.3 Å². The number of methoxy groups -OCH3 is 1. The van der Waals surface area contributed by atoms with E-state index in [1.165, 1.54) is 0 Å². The lowest BCUT2D eigenvalue weighted by Crippen LogP contribution is -2.35. The average Bonchev–Trinajstić information content (AvgIpc) is 2.14. The zero-order valence-electron chi connectivity index (χ0n) is 9.89. The molecule has 3 heteroatoms. The van der Waals surface area contributed by atoms with Gasteiger partial charge in [-0.2, -0.15) is 0 Å². The second-order valence-corrected chi connectivity index (χ2v) is 4.51. The van der Waals surface area contributed by atoms with Gasteiger partial charge in [-0.15, -0.1) is 0 Å². The molecule has 0 bridgehead atoms. The van der Waals surface area contributed by atoms with Crippen molar-refractivity contribution in [1.29, 1.82) is 0 Å². The molecule has 0 spiro atoms. The molecular weight excluding hydrogens is 180 g/mol. The first-order valence-electron chi connectivity index (χ1n) is 5.06. The van der Waals surface area contributed by atoms with Crippen molar-refractivity contribution in [2.45, 2.75) is 58.2 Å². The quantitative estimate of drug-likeness (QED) is 0.715. The van der Waals surface area contributed by atoms with E-state index in [9.17, 15) is 9.90 Å². The Balaban J connectivity index is 4.10. The summed E-state index contributed by atoms with van der Waals surface area (Å²) in [5, 5.41) is 9.67. The summed E-state index contributed by atoms with van der Waals surface area (Å²) in [7, 11) is 1.63. The van der Waals surface area contributed by atoms with Crippen molar-refractivity contribution in [1.82, 2.24) is 0 Å². The normalized spacial score (nSPS) is 16.4. The summed E-state index contributed by atoms with van der Waals surface area (Å²) in [6.45, 7) is 7.23. The highest BCUT2D eigenvalue weighted by Gasteiger charge is 2.29. The number of hydrogen-bond acceptors (Lipinski definition) is 3. The first kappa shape index (κ1) is 13.6. The maximum atomic E-state index is 11.6. The van der Waals surface area contributed by atoms with Gasteiger partial charge in [0.05, 0.1) is 5.60 Å². The van der Waals surface area contributed by atoms with E-state index >= 15 is 0 Å². The number of Topliss-reactive ketones (excluding diaryl/α,β-unsaturated/α-hetero) is 1. The van der Waals surface area contributed by atoms with E-state index in [1.54, 1.807) is 21.0 Å². The predicted molar refractivity (Wildman–Crippen MR) is 56.2 cm³/mol. The Morgan fingerprint density at radius 2 is 1.86 bits per heavy atom. The highest BCUT2D eigenvalue weighted by Crippen LogP contribution is 2.20. The van der Waals surface area contributed by atoms with E-state index in [4.69, 9.17) is 4.74 Å². The topological polar surface area (TPSA) is 46.5 Å². The van der Waals surface area contributed by atoms with Crippen LogP contribution in [-0.4, -0.2) is 29.2 Å². The molecule has 1 atom stereocenters. The Morgan fingerprint density at radius 3 is 2.21 bits per heavy atom. The zero-order valence-corrected chi connectivity index (χ0v) is 9.89. The van der Waals surface area contributed by atoms with Gasteiger partial charge in [-0.3, -0.25) is 4.79 Å². The third-order valence-corrected chi connectivity index (χ3v) is 2.80. The molecule has 0 aliphatic carbocycles. The van der Waals surface area contributed by atoms with Crippen LogP contribution >= 0.6 is 0 Å². The van der Waals surface area contributed by atoms with Crippen LogP contribution in [0.5, 0.6) is 0 Å². The van der Waals surface area contributed by atoms with Crippen molar-refractivity contribution in [2.24, 2.45) is 0 Å². The highest BCUT2D eigenvalue weighted by atomic mass is 16.5. The lowest BCUT2D eigenvalue weighted by molar-refractivity contribution is -0.137. The second-order valence-electron chi connectivity index (χ2n) is 4.51. The summed E-state index contributed by atoms with van der Waals surface area (Å²) in [5.41, 5.74) is -1.47. The molecule has 0 aliphatic rings. The fourth-order valence-electron chi connectivity index (χ4n) is 0.983. The minimum atomic E-state index is -1.18. The smallest absolute Gasteiger partial charge is 0.164 e. The van der Waals surface area contributed by atoms with Crippen molar-refractivity contribution in [2.75, 3.05) is 7.11 Å². The Kier molecular flexibility index (Phi) is 4.75. The minimum Gasteiger partial charge on any atom is -0.382 e. The Hall–Kier alpha value is -0.410. The predicted octanol–water partition coefficient (Wildman–Crippen LogP) is 1.92. The number of rotatable bonds is 6. The monoisotopic (exact) mass is 202 g/mol. The van der Waals surface area contributed by atoms with Crippen LogP contribution < -0.4 is 0 Å². The zero-order chi connectivity index (χ0) is 11.4. The van der Waals surface area contributed by atoms with Gasteiger partial charge >= 0.3 is 0 Å². The molecule has 1 unspecified atom stereocenters. The van der Waals surface area contributed by atoms with Gasteiger partial charge in [0.25, 0.3) is 0 Å². The van der Waals surface area contributed by atoms with Gasteiger partial charge in [-0.05, 0) is 33.6 Å². The average molecular weight is 202 g/mol. The first-order valence-corrected chi connectivity index (χ1v) is 5.06. The van der Waals surface area contributed by atoms with Gasteiger partial charge in [0.1, 0.15) is 5.60 Å². The molecule has 0 saturated carbocycles. The van der Waals surface area contributed by atoms with E-state index < -0.39 is 5.60 Å². The number of ether oxygens (including phenoxy) is 1. The van der Waals surface area contributed by atoms with Crippen molar-refractivity contribution in [3.05, 3.63) is 0 Å². The Morgan fingerprint density at radius 1 is 1.36 bits per heavy atom.